The Labute approximate surface area is 147 Å². The van der Waals surface area contributed by atoms with Crippen molar-refractivity contribution in [2.45, 2.75) is 20.0 Å². The summed E-state index contributed by atoms with van der Waals surface area (Å²) in [6.07, 6.45) is 1.56. The summed E-state index contributed by atoms with van der Waals surface area (Å²) in [5.74, 6) is 0.565. The summed E-state index contributed by atoms with van der Waals surface area (Å²) >= 11 is 0. The van der Waals surface area contributed by atoms with E-state index < -0.39 is 5.97 Å². The second-order valence-corrected chi connectivity index (χ2v) is 5.63. The molecule has 1 N–H and O–H groups in total. The van der Waals surface area contributed by atoms with Crippen LogP contribution in [0.25, 0.3) is 11.6 Å². The van der Waals surface area contributed by atoms with E-state index in [1.165, 1.54) is 14.2 Å². The molecule has 2 aromatic carbocycles. The summed E-state index contributed by atoms with van der Waals surface area (Å²) in [5, 5.41) is 9.74. The van der Waals surface area contributed by atoms with E-state index in [2.05, 4.69) is 0 Å². The lowest BCUT2D eigenvalue weighted by atomic mass is 10.0. The third-order valence-electron chi connectivity index (χ3n) is 3.51. The molecule has 0 unspecified atom stereocenters. The van der Waals surface area contributed by atoms with Crippen molar-refractivity contribution in [3.05, 3.63) is 53.6 Å². The van der Waals surface area contributed by atoms with Gasteiger partial charge in [0.05, 0.1) is 25.9 Å². The number of rotatable bonds is 7. The zero-order valence-corrected chi connectivity index (χ0v) is 14.8. The van der Waals surface area contributed by atoms with Crippen LogP contribution in [0.5, 0.6) is 17.2 Å². The zero-order chi connectivity index (χ0) is 18.4. The van der Waals surface area contributed by atoms with E-state index in [4.69, 9.17) is 14.2 Å². The van der Waals surface area contributed by atoms with Crippen LogP contribution in [0, 0.1) is 0 Å². The molecular formula is C20H22O5. The lowest BCUT2D eigenvalue weighted by molar-refractivity contribution is -0.130. The molecule has 0 fully saturated rings. The van der Waals surface area contributed by atoms with Crippen molar-refractivity contribution >= 4 is 17.6 Å². The highest BCUT2D eigenvalue weighted by molar-refractivity contribution is 6.21. The summed E-state index contributed by atoms with van der Waals surface area (Å²) in [4.78, 5) is 11.9. The fourth-order valence-corrected chi connectivity index (χ4v) is 2.40. The number of carboxylic acids is 1. The van der Waals surface area contributed by atoms with Gasteiger partial charge in [0.15, 0.2) is 0 Å². The van der Waals surface area contributed by atoms with Gasteiger partial charge in [0, 0.05) is 11.1 Å². The Kier molecular flexibility index (Phi) is 6.06. The van der Waals surface area contributed by atoms with Gasteiger partial charge in [0.2, 0.25) is 0 Å². The minimum absolute atomic E-state index is 0.0193. The molecule has 132 valence electrons. The minimum atomic E-state index is -1.06. The zero-order valence-electron chi connectivity index (χ0n) is 14.8. The van der Waals surface area contributed by atoms with Gasteiger partial charge in [0.25, 0.3) is 0 Å². The predicted molar refractivity (Wildman–Crippen MR) is 97.3 cm³/mol. The molecule has 0 aliphatic carbocycles. The highest BCUT2D eigenvalue weighted by atomic mass is 16.5. The molecule has 0 aliphatic rings. The van der Waals surface area contributed by atoms with Gasteiger partial charge in [-0.05, 0) is 44.2 Å². The molecular weight excluding hydrogens is 320 g/mol. The summed E-state index contributed by atoms with van der Waals surface area (Å²) in [6.45, 7) is 3.84. The topological polar surface area (TPSA) is 65.0 Å². The Morgan fingerprint density at radius 3 is 2.36 bits per heavy atom. The van der Waals surface area contributed by atoms with E-state index in [-0.39, 0.29) is 11.7 Å². The molecule has 5 nitrogen and oxygen atoms in total. The number of benzene rings is 2. The first kappa shape index (κ1) is 18.4. The highest BCUT2D eigenvalue weighted by Gasteiger charge is 2.18. The number of aliphatic carboxylic acids is 1. The Bertz CT molecular complexity index is 777. The first-order chi connectivity index (χ1) is 12.0. The van der Waals surface area contributed by atoms with Crippen molar-refractivity contribution in [2.75, 3.05) is 14.2 Å². The fraction of sp³-hybridized carbons (Fsp3) is 0.250. The van der Waals surface area contributed by atoms with E-state index in [0.717, 1.165) is 0 Å². The van der Waals surface area contributed by atoms with Gasteiger partial charge in [-0.15, -0.1) is 0 Å². The van der Waals surface area contributed by atoms with E-state index >= 15 is 0 Å². The lowest BCUT2D eigenvalue weighted by Gasteiger charge is -2.14. The van der Waals surface area contributed by atoms with Crippen LogP contribution in [0.15, 0.2) is 42.5 Å². The van der Waals surface area contributed by atoms with Crippen LogP contribution >= 0.6 is 0 Å². The molecule has 25 heavy (non-hydrogen) atoms. The summed E-state index contributed by atoms with van der Waals surface area (Å²) in [6, 6.07) is 12.4. The number of methoxy groups -OCH3 is 2. The first-order valence-corrected chi connectivity index (χ1v) is 7.89. The fourth-order valence-electron chi connectivity index (χ4n) is 2.40. The van der Waals surface area contributed by atoms with Gasteiger partial charge >= 0.3 is 5.97 Å². The molecule has 2 aromatic rings. The lowest BCUT2D eigenvalue weighted by Crippen LogP contribution is -2.07. The highest BCUT2D eigenvalue weighted by Crippen LogP contribution is 2.33. The van der Waals surface area contributed by atoms with Crippen molar-refractivity contribution in [3.8, 4) is 17.2 Å². The van der Waals surface area contributed by atoms with Crippen LogP contribution in [0.4, 0.5) is 0 Å². The van der Waals surface area contributed by atoms with E-state index in [1.54, 1.807) is 24.3 Å². The molecule has 0 amide bonds. The van der Waals surface area contributed by atoms with Gasteiger partial charge in [-0.1, -0.05) is 18.2 Å². The molecule has 0 bridgehead atoms. The number of ether oxygens (including phenoxy) is 3. The maximum absolute atomic E-state index is 11.9. The van der Waals surface area contributed by atoms with Gasteiger partial charge in [0.1, 0.15) is 17.2 Å². The van der Waals surface area contributed by atoms with Crippen LogP contribution in [0.3, 0.4) is 0 Å². The van der Waals surface area contributed by atoms with Gasteiger partial charge < -0.3 is 19.3 Å². The largest absolute Gasteiger partial charge is 0.497 e. The van der Waals surface area contributed by atoms with Crippen molar-refractivity contribution in [3.63, 3.8) is 0 Å². The molecule has 0 heterocycles. The second-order valence-electron chi connectivity index (χ2n) is 5.63. The number of hydrogen-bond donors (Lipinski definition) is 1. The van der Waals surface area contributed by atoms with Crippen molar-refractivity contribution in [1.82, 2.24) is 0 Å². The molecule has 5 heteroatoms. The van der Waals surface area contributed by atoms with Crippen LogP contribution in [-0.4, -0.2) is 31.4 Å². The van der Waals surface area contributed by atoms with E-state index in [9.17, 15) is 9.90 Å². The second kappa shape index (κ2) is 8.24. The Morgan fingerprint density at radius 2 is 1.76 bits per heavy atom. The van der Waals surface area contributed by atoms with E-state index in [1.807, 2.05) is 38.1 Å². The third-order valence-corrected chi connectivity index (χ3v) is 3.51. The smallest absolute Gasteiger partial charge is 0.336 e. The van der Waals surface area contributed by atoms with Crippen LogP contribution < -0.4 is 14.2 Å². The maximum Gasteiger partial charge on any atom is 0.336 e. The predicted octanol–water partition coefficient (Wildman–Crippen LogP) is 4.12. The van der Waals surface area contributed by atoms with Crippen molar-refractivity contribution < 1.29 is 24.1 Å². The Hall–Kier alpha value is -2.95. The SMILES string of the molecule is COc1ccc(OC)c(/C(=C/c2ccccc2OC(C)C)C(=O)O)c1. The molecule has 0 radical (unpaired) electrons. The van der Waals surface area contributed by atoms with E-state index in [0.29, 0.717) is 28.4 Å². The quantitative estimate of drug-likeness (QED) is 0.606. The maximum atomic E-state index is 11.9. The monoisotopic (exact) mass is 342 g/mol. The summed E-state index contributed by atoms with van der Waals surface area (Å²) in [5.41, 5.74) is 1.21. The molecule has 0 spiro atoms. The average molecular weight is 342 g/mol. The Morgan fingerprint density at radius 1 is 1.04 bits per heavy atom. The number of para-hydroxylation sites is 1. The average Bonchev–Trinajstić information content (AvgIpc) is 2.59. The van der Waals surface area contributed by atoms with Gasteiger partial charge in [-0.2, -0.15) is 0 Å². The summed E-state index contributed by atoms with van der Waals surface area (Å²) in [7, 11) is 3.03. The van der Waals surface area contributed by atoms with Crippen LogP contribution in [-0.2, 0) is 4.79 Å². The van der Waals surface area contributed by atoms with Crippen molar-refractivity contribution in [1.29, 1.82) is 0 Å². The molecule has 0 saturated carbocycles. The third kappa shape index (κ3) is 4.53. The van der Waals surface area contributed by atoms with Crippen LogP contribution in [0.2, 0.25) is 0 Å². The molecule has 2 rings (SSSR count). The number of carboxylic acid groups (broad SMARTS) is 1. The standard InChI is InChI=1S/C20H22O5/c1-13(2)25-18-8-6-5-7-14(18)11-17(20(21)22)16-12-15(23-3)9-10-19(16)24-4/h5-13H,1-4H3,(H,21,22)/b17-11-. The minimum Gasteiger partial charge on any atom is -0.497 e. The van der Waals surface area contributed by atoms with Gasteiger partial charge in [-0.25, -0.2) is 4.79 Å². The molecule has 0 atom stereocenters. The molecule has 0 saturated heterocycles. The van der Waals surface area contributed by atoms with Gasteiger partial charge in [-0.3, -0.25) is 0 Å². The molecule has 0 aliphatic heterocycles. The normalized spacial score (nSPS) is 11.3. The van der Waals surface area contributed by atoms with Crippen LogP contribution in [0.1, 0.15) is 25.0 Å². The molecule has 0 aromatic heterocycles. The first-order valence-electron chi connectivity index (χ1n) is 7.89. The Balaban J connectivity index is 2.60. The summed E-state index contributed by atoms with van der Waals surface area (Å²) < 4.78 is 16.3. The van der Waals surface area contributed by atoms with Crippen molar-refractivity contribution in [2.24, 2.45) is 0 Å². The number of hydrogen-bond acceptors (Lipinski definition) is 4. The number of carbonyl (C=O) groups is 1.